The number of hydrogen-bond acceptors (Lipinski definition) is 6. The van der Waals surface area contributed by atoms with Gasteiger partial charge in [0.15, 0.2) is 11.4 Å². The van der Waals surface area contributed by atoms with Crippen molar-refractivity contribution in [2.75, 3.05) is 18.0 Å². The van der Waals surface area contributed by atoms with Gasteiger partial charge in [0.05, 0.1) is 12.4 Å². The van der Waals surface area contributed by atoms with Crippen LogP contribution in [-0.4, -0.2) is 43.9 Å². The number of rotatable bonds is 3. The molecule has 33 heavy (non-hydrogen) atoms. The molecule has 0 amide bonds. The number of fused-ring (bicyclic) bond motifs is 1. The van der Waals surface area contributed by atoms with E-state index in [1.54, 1.807) is 12.4 Å². The fraction of sp³-hybridized carbons (Fsp3) is 0.450. The third-order valence-corrected chi connectivity index (χ3v) is 5.97. The van der Waals surface area contributed by atoms with E-state index in [2.05, 4.69) is 32.0 Å². The van der Waals surface area contributed by atoms with E-state index in [4.69, 9.17) is 4.74 Å². The van der Waals surface area contributed by atoms with E-state index in [0.717, 1.165) is 37.9 Å². The second-order valence-corrected chi connectivity index (χ2v) is 8.10. The predicted octanol–water partition coefficient (Wildman–Crippen LogP) is -5.28. The Morgan fingerprint density at radius 1 is 1.15 bits per heavy atom. The van der Waals surface area contributed by atoms with Gasteiger partial charge in [-0.15, -0.1) is 0 Å². The molecule has 1 saturated carbocycles. The number of nitrogens with zero attached hydrogens (tertiary/aromatic N) is 6. The monoisotopic (exact) mass is 494 g/mol. The number of pyridine rings is 1. The van der Waals surface area contributed by atoms with Crippen LogP contribution in [0.1, 0.15) is 31.4 Å². The molecule has 2 fully saturated rings. The Morgan fingerprint density at radius 3 is 2.64 bits per heavy atom. The van der Waals surface area contributed by atoms with Crippen molar-refractivity contribution in [1.29, 1.82) is 0 Å². The topological polar surface area (TPSA) is 69.0 Å². The number of anilines is 1. The molecule has 2 aliphatic rings. The average Bonchev–Trinajstić information content (AvgIpc) is 3.07. The van der Waals surface area contributed by atoms with Gasteiger partial charge < -0.3 is 28.7 Å². The van der Waals surface area contributed by atoms with Crippen molar-refractivity contribution in [3.05, 3.63) is 43.5 Å². The zero-order valence-electron chi connectivity index (χ0n) is 17.9. The Labute approximate surface area is 229 Å². The van der Waals surface area contributed by atoms with Crippen molar-refractivity contribution >= 4 is 17.0 Å². The molecule has 5 rings (SSSR count). The number of aromatic nitrogens is 5. The molecule has 4 heterocycles. The minimum atomic E-state index is -4.53. The quantitative estimate of drug-likeness (QED) is 0.206. The maximum atomic E-state index is 13.2. The summed E-state index contributed by atoms with van der Waals surface area (Å²) in [6.45, 7) is 1.64. The summed E-state index contributed by atoms with van der Waals surface area (Å²) in [5, 5.41) is 4.07. The molecular formula is C20H20F5KN6O-2. The van der Waals surface area contributed by atoms with E-state index < -0.39 is 11.9 Å². The third-order valence-electron chi connectivity index (χ3n) is 5.97. The van der Waals surface area contributed by atoms with Gasteiger partial charge in [-0.2, -0.15) is 20.2 Å². The van der Waals surface area contributed by atoms with E-state index in [-0.39, 0.29) is 78.1 Å². The summed E-state index contributed by atoms with van der Waals surface area (Å²) in [7, 11) is 3.81. The summed E-state index contributed by atoms with van der Waals surface area (Å²) < 4.78 is 46.6. The Bertz CT molecular complexity index is 1090. The number of hydrogen-bond donors (Lipinski definition) is 0. The summed E-state index contributed by atoms with van der Waals surface area (Å²) >= 11 is 0. The van der Waals surface area contributed by atoms with Crippen LogP contribution in [-0.2, 0) is 6.18 Å². The van der Waals surface area contributed by atoms with E-state index in [9.17, 15) is 13.2 Å². The van der Waals surface area contributed by atoms with Gasteiger partial charge in [0.1, 0.15) is 11.9 Å². The maximum absolute atomic E-state index is 13.2. The molecule has 0 unspecified atom stereocenters. The zero-order chi connectivity index (χ0) is 20.9. The van der Waals surface area contributed by atoms with Crippen molar-refractivity contribution in [3.8, 4) is 5.75 Å². The molecule has 0 atom stereocenters. The molecule has 3 aromatic rings. The van der Waals surface area contributed by atoms with Gasteiger partial charge >= 0.3 is 57.6 Å². The van der Waals surface area contributed by atoms with Gasteiger partial charge in [-0.3, -0.25) is 4.98 Å². The van der Waals surface area contributed by atoms with Crippen LogP contribution in [0.5, 0.6) is 5.75 Å². The van der Waals surface area contributed by atoms with Gasteiger partial charge in [0.25, 0.3) is 0 Å². The number of piperidine rings is 1. The Hall–Kier alpha value is -1.54. The molecular weight excluding hydrogens is 474 g/mol. The molecule has 0 N–H and O–H groups in total. The van der Waals surface area contributed by atoms with Gasteiger partial charge in [-0.1, -0.05) is 0 Å². The van der Waals surface area contributed by atoms with Crippen LogP contribution < -0.4 is 70.4 Å². The first-order valence-electron chi connectivity index (χ1n) is 9.79. The average molecular weight is 495 g/mol. The number of halogens is 5. The molecule has 13 heteroatoms. The molecule has 0 radical (unpaired) electrons. The van der Waals surface area contributed by atoms with Crippen LogP contribution in [0.25, 0.3) is 11.2 Å². The van der Waals surface area contributed by atoms with E-state index in [0.29, 0.717) is 24.0 Å². The molecule has 174 valence electrons. The number of ether oxygens (including phenoxy) is 1. The van der Waals surface area contributed by atoms with Gasteiger partial charge in [0, 0.05) is 30.5 Å². The SMILES string of the molecule is [CH2-]n1ncc2ncc(N3CCCC4(CC(Oc5cccnc5C(F)(F)F)C4)C3)nc21.[F-].[F-].[K+]. The van der Waals surface area contributed by atoms with Gasteiger partial charge in [-0.25, -0.2) is 10.1 Å². The summed E-state index contributed by atoms with van der Waals surface area (Å²) in [5.74, 6) is 0.570. The molecule has 1 saturated heterocycles. The van der Waals surface area contributed by atoms with Crippen molar-refractivity contribution in [2.24, 2.45) is 5.41 Å². The fourth-order valence-corrected chi connectivity index (χ4v) is 4.60. The van der Waals surface area contributed by atoms with Crippen molar-refractivity contribution < 1.29 is 78.7 Å². The van der Waals surface area contributed by atoms with Crippen molar-refractivity contribution in [3.63, 3.8) is 0 Å². The Balaban J connectivity index is 0.00000128. The molecule has 0 bridgehead atoms. The summed E-state index contributed by atoms with van der Waals surface area (Å²) in [6, 6.07) is 2.80. The summed E-state index contributed by atoms with van der Waals surface area (Å²) in [5.41, 5.74) is 0.363. The van der Waals surface area contributed by atoms with Crippen molar-refractivity contribution in [1.82, 2.24) is 24.7 Å². The van der Waals surface area contributed by atoms with Crippen LogP contribution in [0.3, 0.4) is 0 Å². The van der Waals surface area contributed by atoms with Crippen LogP contribution in [0.4, 0.5) is 19.0 Å². The van der Waals surface area contributed by atoms with E-state index >= 15 is 0 Å². The Morgan fingerprint density at radius 2 is 1.91 bits per heavy atom. The molecule has 3 aromatic heterocycles. The molecule has 0 aromatic carbocycles. The van der Waals surface area contributed by atoms with E-state index in [1.807, 2.05) is 0 Å². The van der Waals surface area contributed by atoms with Crippen LogP contribution in [0, 0.1) is 12.5 Å². The first kappa shape index (κ1) is 27.7. The Kier molecular flexibility index (Phi) is 8.71. The molecule has 1 aliphatic heterocycles. The molecule has 1 spiro atoms. The fourth-order valence-electron chi connectivity index (χ4n) is 4.60. The predicted molar refractivity (Wildman–Crippen MR) is 103 cm³/mol. The van der Waals surface area contributed by atoms with Crippen LogP contribution in [0.2, 0.25) is 0 Å². The number of alkyl halides is 3. The normalized spacial score (nSPS) is 22.0. The zero-order valence-corrected chi connectivity index (χ0v) is 21.0. The second-order valence-electron chi connectivity index (χ2n) is 8.10. The van der Waals surface area contributed by atoms with Gasteiger partial charge in [-0.05, 0) is 43.2 Å². The molecule has 7 nitrogen and oxygen atoms in total. The minimum Gasteiger partial charge on any atom is -1.00 e. The summed E-state index contributed by atoms with van der Waals surface area (Å²) in [4.78, 5) is 14.7. The van der Waals surface area contributed by atoms with E-state index in [1.165, 1.54) is 16.8 Å². The van der Waals surface area contributed by atoms with Gasteiger partial charge in [0.2, 0.25) is 0 Å². The first-order valence-corrected chi connectivity index (χ1v) is 9.79. The second kappa shape index (κ2) is 10.4. The maximum Gasteiger partial charge on any atom is 1.00 e. The standard InChI is InChI=1S/C20H20F3N6O.2FH.K/c1-28-18-14(10-26-28)25-11-16(27-18)29-7-3-5-19(12-29)8-13(9-19)30-15-4-2-6-24-17(15)20(21,22)23;;;/h2,4,6,10-11,13H,1,3,5,7-9,12H2;2*1H;/q-1;;;+1/p-2. The summed E-state index contributed by atoms with van der Waals surface area (Å²) in [6.07, 6.45) is 3.13. The minimum absolute atomic E-state index is 0. The van der Waals surface area contributed by atoms with Crippen LogP contribution >= 0.6 is 0 Å². The third kappa shape index (κ3) is 5.42. The largest absolute Gasteiger partial charge is 1.00 e. The van der Waals surface area contributed by atoms with Crippen molar-refractivity contribution in [2.45, 2.75) is 38.0 Å². The molecule has 1 aliphatic carbocycles. The smallest absolute Gasteiger partial charge is 1.00 e. The first-order chi connectivity index (χ1) is 14.3. The van der Waals surface area contributed by atoms with Crippen LogP contribution in [0.15, 0.2) is 30.7 Å².